The first-order chi connectivity index (χ1) is 15.7. The van der Waals surface area contributed by atoms with Crippen LogP contribution in [0.25, 0.3) is 11.1 Å². The zero-order chi connectivity index (χ0) is 24.3. The van der Waals surface area contributed by atoms with Gasteiger partial charge in [0.15, 0.2) is 0 Å². The second-order valence-corrected chi connectivity index (χ2v) is 9.78. The van der Waals surface area contributed by atoms with Gasteiger partial charge in [0.2, 0.25) is 15.8 Å². The van der Waals surface area contributed by atoms with Gasteiger partial charge in [0, 0.05) is 11.1 Å². The van der Waals surface area contributed by atoms with Crippen molar-refractivity contribution < 1.29 is 17.9 Å². The van der Waals surface area contributed by atoms with Gasteiger partial charge >= 0.3 is 0 Å². The molecular formula is C25H27N3O4S. The molecule has 0 bridgehead atoms. The number of aryl methyl sites for hydroxylation is 1. The summed E-state index contributed by atoms with van der Waals surface area (Å²) in [5.74, 6) is -0.429. The molecule has 1 heterocycles. The Kier molecular flexibility index (Phi) is 6.94. The van der Waals surface area contributed by atoms with E-state index in [1.54, 1.807) is 42.5 Å². The van der Waals surface area contributed by atoms with Gasteiger partial charge < -0.3 is 10.5 Å². The molecule has 33 heavy (non-hydrogen) atoms. The summed E-state index contributed by atoms with van der Waals surface area (Å²) in [4.78, 5) is 13.7. The molecule has 7 nitrogen and oxygen atoms in total. The average molecular weight is 466 g/mol. The summed E-state index contributed by atoms with van der Waals surface area (Å²) in [6.07, 6.45) is 1.04. The number of hydrogen-bond donors (Lipinski definition) is 1. The molecule has 2 N–H and O–H groups in total. The number of nitrogens with two attached hydrogens (primary N) is 1. The minimum Gasteiger partial charge on any atom is -0.496 e. The predicted octanol–water partition coefficient (Wildman–Crippen LogP) is 4.44. The van der Waals surface area contributed by atoms with Crippen LogP contribution in [-0.2, 0) is 10.0 Å². The summed E-state index contributed by atoms with van der Waals surface area (Å²) >= 11 is 0. The molecule has 0 spiro atoms. The van der Waals surface area contributed by atoms with Gasteiger partial charge in [-0.3, -0.25) is 4.79 Å². The fraction of sp³-hybridized carbons (Fsp3) is 0.280. The van der Waals surface area contributed by atoms with E-state index in [9.17, 15) is 18.5 Å². The molecule has 0 fully saturated rings. The lowest BCUT2D eigenvalue weighted by Crippen LogP contribution is -2.23. The van der Waals surface area contributed by atoms with Gasteiger partial charge in [0.05, 0.1) is 12.9 Å². The number of rotatable bonds is 8. The highest BCUT2D eigenvalue weighted by molar-refractivity contribution is 7.90. The highest BCUT2D eigenvalue weighted by Crippen LogP contribution is 2.39. The van der Waals surface area contributed by atoms with E-state index >= 15 is 0 Å². The van der Waals surface area contributed by atoms with E-state index < -0.39 is 15.8 Å². The number of carbonyl (C=O) groups excluding carboxylic acids is 1. The van der Waals surface area contributed by atoms with Crippen LogP contribution in [0.15, 0.2) is 42.5 Å². The van der Waals surface area contributed by atoms with Crippen molar-refractivity contribution in [2.45, 2.75) is 33.6 Å². The van der Waals surface area contributed by atoms with E-state index in [2.05, 4.69) is 0 Å². The van der Waals surface area contributed by atoms with E-state index in [0.29, 0.717) is 29.7 Å². The van der Waals surface area contributed by atoms with Crippen molar-refractivity contribution in [2.75, 3.05) is 18.6 Å². The van der Waals surface area contributed by atoms with Crippen molar-refractivity contribution in [3.63, 3.8) is 0 Å². The zero-order valence-corrected chi connectivity index (χ0v) is 20.0. The molecule has 3 aromatic rings. The third-order valence-corrected chi connectivity index (χ3v) is 7.43. The van der Waals surface area contributed by atoms with Crippen LogP contribution in [0.4, 0.5) is 5.82 Å². The number of hydrogen-bond acceptors (Lipinski definition) is 6. The molecule has 2 aromatic carbocycles. The largest absolute Gasteiger partial charge is 0.496 e. The highest BCUT2D eigenvalue weighted by atomic mass is 32.2. The molecule has 0 saturated carbocycles. The predicted molar refractivity (Wildman–Crippen MR) is 129 cm³/mol. The maximum Gasteiger partial charge on any atom is 0.240 e. The minimum absolute atomic E-state index is 0.0559. The first kappa shape index (κ1) is 24.1. The summed E-state index contributed by atoms with van der Waals surface area (Å²) in [6, 6.07) is 13.9. The van der Waals surface area contributed by atoms with Gasteiger partial charge in [-0.15, -0.1) is 0 Å². The molecule has 1 aromatic heterocycles. The fourth-order valence-corrected chi connectivity index (χ4v) is 5.47. The second kappa shape index (κ2) is 9.51. The number of anilines is 1. The lowest BCUT2D eigenvalue weighted by atomic mass is 9.94. The lowest BCUT2D eigenvalue weighted by Gasteiger charge is -2.14. The number of benzene rings is 2. The van der Waals surface area contributed by atoms with Gasteiger partial charge in [0.1, 0.15) is 28.9 Å². The van der Waals surface area contributed by atoms with E-state index in [-0.39, 0.29) is 28.4 Å². The molecule has 3 rings (SSSR count). The van der Waals surface area contributed by atoms with Crippen molar-refractivity contribution in [2.24, 2.45) is 0 Å². The second-order valence-electron chi connectivity index (χ2n) is 7.85. The topological polar surface area (TPSA) is 115 Å². The number of nitrogen functional groups attached to an aromatic ring is 1. The SMILES string of the molecule is CCCCS(=O)(=O)n1c(N)c(C#N)c(-c2cc(C)c(C)c(OC)c2)c1C(=O)c1ccccc1. The van der Waals surface area contributed by atoms with Gasteiger partial charge in [0.25, 0.3) is 0 Å². The molecule has 0 aliphatic rings. The first-order valence-corrected chi connectivity index (χ1v) is 12.2. The third kappa shape index (κ3) is 4.37. The number of methoxy groups -OCH3 is 1. The Morgan fingerprint density at radius 2 is 1.85 bits per heavy atom. The molecule has 8 heteroatoms. The van der Waals surface area contributed by atoms with Crippen molar-refractivity contribution >= 4 is 21.6 Å². The molecular weight excluding hydrogens is 438 g/mol. The van der Waals surface area contributed by atoms with Crippen LogP contribution in [0.5, 0.6) is 5.75 Å². The van der Waals surface area contributed by atoms with Crippen LogP contribution in [0.3, 0.4) is 0 Å². The van der Waals surface area contributed by atoms with Crippen molar-refractivity contribution in [3.8, 4) is 22.9 Å². The Balaban J connectivity index is 2.46. The maximum atomic E-state index is 13.7. The van der Waals surface area contributed by atoms with E-state index in [1.807, 2.05) is 26.8 Å². The molecule has 0 aliphatic heterocycles. The molecule has 0 amide bonds. The van der Waals surface area contributed by atoms with Crippen LogP contribution >= 0.6 is 0 Å². The molecule has 0 atom stereocenters. The summed E-state index contributed by atoms with van der Waals surface area (Å²) in [5.41, 5.74) is 8.78. The average Bonchev–Trinajstić information content (AvgIpc) is 3.12. The summed E-state index contributed by atoms with van der Waals surface area (Å²) in [7, 11) is -2.47. The zero-order valence-electron chi connectivity index (χ0n) is 19.2. The molecule has 0 aliphatic carbocycles. The van der Waals surface area contributed by atoms with Gasteiger partial charge in [-0.05, 0) is 43.0 Å². The lowest BCUT2D eigenvalue weighted by molar-refractivity contribution is 0.103. The van der Waals surface area contributed by atoms with E-state index in [4.69, 9.17) is 10.5 Å². The van der Waals surface area contributed by atoms with Crippen molar-refractivity contribution in [3.05, 3.63) is 70.4 Å². The number of unbranched alkanes of at least 4 members (excludes halogenated alkanes) is 1. The summed E-state index contributed by atoms with van der Waals surface area (Å²) in [5, 5.41) is 9.96. The number of ketones is 1. The first-order valence-electron chi connectivity index (χ1n) is 10.6. The number of carbonyl (C=O) groups is 1. The van der Waals surface area contributed by atoms with Crippen LogP contribution in [0, 0.1) is 25.2 Å². The quantitative estimate of drug-likeness (QED) is 0.492. The standard InChI is InChI=1S/C25H27N3O4S/c1-5-6-12-33(30,31)28-23(24(29)18-10-8-7-9-11-18)22(20(15-26)25(28)27)19-13-16(2)17(3)21(14-19)32-4/h7-11,13-14H,5-6,12,27H2,1-4H3. The van der Waals surface area contributed by atoms with Crippen LogP contribution in [-0.4, -0.2) is 31.0 Å². The Morgan fingerprint density at radius 1 is 1.18 bits per heavy atom. The number of nitriles is 1. The fourth-order valence-electron chi connectivity index (χ4n) is 3.79. The maximum absolute atomic E-state index is 13.7. The summed E-state index contributed by atoms with van der Waals surface area (Å²) < 4.78 is 33.0. The molecule has 0 saturated heterocycles. The van der Waals surface area contributed by atoms with Crippen LogP contribution < -0.4 is 10.5 Å². The highest BCUT2D eigenvalue weighted by Gasteiger charge is 2.33. The Hall–Kier alpha value is -3.57. The van der Waals surface area contributed by atoms with Crippen LogP contribution in [0.1, 0.15) is 52.5 Å². The molecule has 0 unspecified atom stereocenters. The van der Waals surface area contributed by atoms with Crippen molar-refractivity contribution in [1.82, 2.24) is 3.97 Å². The number of aromatic nitrogens is 1. The van der Waals surface area contributed by atoms with E-state index in [1.165, 1.54) is 7.11 Å². The number of nitrogens with zero attached hydrogens (tertiary/aromatic N) is 2. The normalized spacial score (nSPS) is 11.2. The van der Waals surface area contributed by atoms with Gasteiger partial charge in [-0.1, -0.05) is 49.7 Å². The monoisotopic (exact) mass is 465 g/mol. The third-order valence-electron chi connectivity index (χ3n) is 5.69. The van der Waals surface area contributed by atoms with Crippen molar-refractivity contribution in [1.29, 1.82) is 5.26 Å². The number of ether oxygens (including phenoxy) is 1. The van der Waals surface area contributed by atoms with Gasteiger partial charge in [-0.25, -0.2) is 12.4 Å². The minimum atomic E-state index is -4.00. The van der Waals surface area contributed by atoms with Crippen LogP contribution in [0.2, 0.25) is 0 Å². The Morgan fingerprint density at radius 3 is 2.42 bits per heavy atom. The Labute approximate surface area is 194 Å². The van der Waals surface area contributed by atoms with Gasteiger partial charge in [-0.2, -0.15) is 5.26 Å². The Bertz CT molecular complexity index is 1350. The smallest absolute Gasteiger partial charge is 0.240 e. The molecule has 0 radical (unpaired) electrons. The molecule has 172 valence electrons. The van der Waals surface area contributed by atoms with E-state index in [0.717, 1.165) is 15.1 Å². The summed E-state index contributed by atoms with van der Waals surface area (Å²) in [6.45, 7) is 5.65.